The highest BCUT2D eigenvalue weighted by Gasteiger charge is 2.60. The Balaban J connectivity index is 1.49. The van der Waals surface area contributed by atoms with Gasteiger partial charge in [0.2, 0.25) is 5.91 Å². The number of rotatable bonds is 5. The third-order valence-corrected chi connectivity index (χ3v) is 6.90. The smallest absolute Gasteiger partial charge is 0.266 e. The van der Waals surface area contributed by atoms with E-state index in [0.717, 1.165) is 22.0 Å². The number of fused-ring (bicyclic) bond motifs is 2. The lowest BCUT2D eigenvalue weighted by Crippen LogP contribution is -2.37. The molecule has 7 nitrogen and oxygen atoms in total. The summed E-state index contributed by atoms with van der Waals surface area (Å²) >= 11 is 0. The van der Waals surface area contributed by atoms with Crippen molar-refractivity contribution in [3.8, 4) is 11.5 Å². The van der Waals surface area contributed by atoms with Crippen LogP contribution in [0, 0.1) is 5.92 Å². The van der Waals surface area contributed by atoms with Gasteiger partial charge in [0.05, 0.1) is 31.6 Å². The van der Waals surface area contributed by atoms with Crippen molar-refractivity contribution in [2.45, 2.75) is 12.1 Å². The number of anilines is 2. The molecule has 2 amide bonds. The summed E-state index contributed by atoms with van der Waals surface area (Å²) < 4.78 is 10.8. The highest BCUT2D eigenvalue weighted by Crippen LogP contribution is 2.50. The Hall–Kier alpha value is -4.36. The van der Waals surface area contributed by atoms with Gasteiger partial charge in [-0.25, -0.2) is 9.96 Å². The summed E-state index contributed by atoms with van der Waals surface area (Å²) in [4.78, 5) is 35.2. The summed E-state index contributed by atoms with van der Waals surface area (Å²) in [7, 11) is 3.04. The van der Waals surface area contributed by atoms with Crippen LogP contribution in [0.3, 0.4) is 0 Å². The fourth-order valence-corrected chi connectivity index (χ4v) is 5.24. The summed E-state index contributed by atoms with van der Waals surface area (Å²) in [5.41, 5.74) is 2.07. The lowest BCUT2D eigenvalue weighted by Gasteiger charge is -2.29. The van der Waals surface area contributed by atoms with E-state index >= 15 is 0 Å². The van der Waals surface area contributed by atoms with E-state index in [1.165, 1.54) is 12.0 Å². The molecule has 2 aliphatic rings. The van der Waals surface area contributed by atoms with Crippen LogP contribution in [0.2, 0.25) is 0 Å². The Labute approximate surface area is 208 Å². The van der Waals surface area contributed by atoms with Crippen LogP contribution in [0.5, 0.6) is 11.5 Å². The van der Waals surface area contributed by atoms with Crippen molar-refractivity contribution in [2.75, 3.05) is 24.2 Å². The van der Waals surface area contributed by atoms with E-state index in [0.29, 0.717) is 17.2 Å². The van der Waals surface area contributed by atoms with Crippen LogP contribution in [0.15, 0.2) is 91.0 Å². The van der Waals surface area contributed by atoms with E-state index in [1.807, 2.05) is 72.8 Å². The predicted molar refractivity (Wildman–Crippen MR) is 136 cm³/mol. The van der Waals surface area contributed by atoms with Crippen molar-refractivity contribution in [1.29, 1.82) is 0 Å². The van der Waals surface area contributed by atoms with Gasteiger partial charge in [0, 0.05) is 6.07 Å². The van der Waals surface area contributed by atoms with Crippen molar-refractivity contribution < 1.29 is 23.9 Å². The lowest BCUT2D eigenvalue weighted by atomic mass is 9.87. The molecule has 4 aromatic carbocycles. The summed E-state index contributed by atoms with van der Waals surface area (Å²) in [5, 5.41) is 3.78. The molecule has 7 heteroatoms. The fraction of sp³-hybridized carbons (Fsp3) is 0.172. The highest BCUT2D eigenvalue weighted by molar-refractivity contribution is 6.24. The molecule has 2 fully saturated rings. The van der Waals surface area contributed by atoms with Crippen LogP contribution in [0.4, 0.5) is 11.4 Å². The van der Waals surface area contributed by atoms with E-state index in [-0.39, 0.29) is 5.91 Å². The molecule has 0 radical (unpaired) electrons. The molecular weight excluding hydrogens is 456 g/mol. The molecule has 3 unspecified atom stereocenters. The molecule has 180 valence electrons. The molecule has 36 heavy (non-hydrogen) atoms. The molecule has 0 aromatic heterocycles. The second-order valence-electron chi connectivity index (χ2n) is 8.78. The normalized spacial score (nSPS) is 21.2. The number of ether oxygens (including phenoxy) is 2. The first kappa shape index (κ1) is 22.1. The largest absolute Gasteiger partial charge is 0.497 e. The second kappa shape index (κ2) is 8.70. The maximum Gasteiger partial charge on any atom is 0.266 e. The van der Waals surface area contributed by atoms with Crippen LogP contribution >= 0.6 is 0 Å². The molecular formula is C29H24N2O5. The van der Waals surface area contributed by atoms with Gasteiger partial charge in [-0.1, -0.05) is 60.7 Å². The van der Waals surface area contributed by atoms with Gasteiger partial charge in [-0.2, -0.15) is 0 Å². The minimum Gasteiger partial charge on any atom is -0.497 e. The highest BCUT2D eigenvalue weighted by atomic mass is 16.7. The zero-order valence-corrected chi connectivity index (χ0v) is 19.8. The van der Waals surface area contributed by atoms with E-state index in [9.17, 15) is 9.59 Å². The van der Waals surface area contributed by atoms with E-state index in [1.54, 1.807) is 30.4 Å². The van der Waals surface area contributed by atoms with Crippen molar-refractivity contribution in [1.82, 2.24) is 0 Å². The standard InChI is InChI=1S/C29H24N2O5/c1-34-20-15-16-23(24(17-20)35-2)30-28(32)25-26(22-14-8-10-18-9-6-7-13-21(18)22)31(36-27(25)29(30)33)19-11-4-3-5-12-19/h3-17,25-27H,1-2H3. The first-order chi connectivity index (χ1) is 17.6. The molecule has 2 saturated heterocycles. The van der Waals surface area contributed by atoms with Crippen LogP contribution in [0.1, 0.15) is 11.6 Å². The zero-order valence-electron chi connectivity index (χ0n) is 19.8. The Morgan fingerprint density at radius 1 is 0.778 bits per heavy atom. The molecule has 0 bridgehead atoms. The SMILES string of the molecule is COc1ccc(N2C(=O)C3ON(c4ccccc4)C(c4cccc5ccccc45)C3C2=O)c(OC)c1. The number of amides is 2. The number of para-hydroxylation sites is 1. The molecule has 0 aliphatic carbocycles. The predicted octanol–water partition coefficient (Wildman–Crippen LogP) is 4.91. The molecule has 2 aliphatic heterocycles. The maximum absolute atomic E-state index is 14.0. The average Bonchev–Trinajstić information content (AvgIpc) is 3.44. The average molecular weight is 481 g/mol. The quantitative estimate of drug-likeness (QED) is 0.378. The maximum atomic E-state index is 14.0. The number of imide groups is 1. The Morgan fingerprint density at radius 2 is 1.53 bits per heavy atom. The van der Waals surface area contributed by atoms with Crippen molar-refractivity contribution in [2.24, 2.45) is 5.92 Å². The molecule has 0 N–H and O–H groups in total. The van der Waals surface area contributed by atoms with E-state index in [4.69, 9.17) is 14.3 Å². The van der Waals surface area contributed by atoms with Gasteiger partial charge >= 0.3 is 0 Å². The van der Waals surface area contributed by atoms with Gasteiger partial charge in [-0.15, -0.1) is 0 Å². The molecule has 2 heterocycles. The number of methoxy groups -OCH3 is 2. The number of hydroxylamine groups is 1. The third kappa shape index (κ3) is 3.31. The minimum atomic E-state index is -0.964. The molecule has 6 rings (SSSR count). The van der Waals surface area contributed by atoms with Gasteiger partial charge < -0.3 is 9.47 Å². The lowest BCUT2D eigenvalue weighted by molar-refractivity contribution is -0.126. The van der Waals surface area contributed by atoms with Crippen LogP contribution in [0.25, 0.3) is 10.8 Å². The summed E-state index contributed by atoms with van der Waals surface area (Å²) in [5.74, 6) is -0.551. The van der Waals surface area contributed by atoms with E-state index < -0.39 is 24.0 Å². The van der Waals surface area contributed by atoms with Gasteiger partial charge in [-0.05, 0) is 40.6 Å². The molecule has 0 spiro atoms. The van der Waals surface area contributed by atoms with Gasteiger partial charge in [0.15, 0.2) is 6.10 Å². The number of hydrogen-bond donors (Lipinski definition) is 0. The van der Waals surface area contributed by atoms with Crippen LogP contribution in [-0.2, 0) is 14.4 Å². The topological polar surface area (TPSA) is 68.3 Å². The number of nitrogens with zero attached hydrogens (tertiary/aromatic N) is 2. The number of carbonyl (C=O) groups excluding carboxylic acids is 2. The van der Waals surface area contributed by atoms with Crippen molar-refractivity contribution in [3.05, 3.63) is 96.6 Å². The Bertz CT molecular complexity index is 1470. The van der Waals surface area contributed by atoms with Gasteiger partial charge in [0.25, 0.3) is 5.91 Å². The third-order valence-electron chi connectivity index (χ3n) is 6.90. The molecule has 3 atom stereocenters. The van der Waals surface area contributed by atoms with Crippen molar-refractivity contribution in [3.63, 3.8) is 0 Å². The Morgan fingerprint density at radius 3 is 2.31 bits per heavy atom. The van der Waals surface area contributed by atoms with Gasteiger partial charge in [0.1, 0.15) is 17.4 Å². The van der Waals surface area contributed by atoms with E-state index in [2.05, 4.69) is 0 Å². The van der Waals surface area contributed by atoms with Crippen LogP contribution < -0.4 is 19.4 Å². The number of benzene rings is 4. The summed E-state index contributed by atoms with van der Waals surface area (Å²) in [6, 6.07) is 28.1. The summed E-state index contributed by atoms with van der Waals surface area (Å²) in [6.07, 6.45) is -0.964. The number of hydrogen-bond acceptors (Lipinski definition) is 6. The first-order valence-electron chi connectivity index (χ1n) is 11.7. The fourth-order valence-electron chi connectivity index (χ4n) is 5.24. The van der Waals surface area contributed by atoms with Crippen molar-refractivity contribution >= 4 is 34.0 Å². The second-order valence-corrected chi connectivity index (χ2v) is 8.78. The molecule has 0 saturated carbocycles. The summed E-state index contributed by atoms with van der Waals surface area (Å²) in [6.45, 7) is 0. The zero-order chi connectivity index (χ0) is 24.8. The monoisotopic (exact) mass is 480 g/mol. The first-order valence-corrected chi connectivity index (χ1v) is 11.7. The van der Waals surface area contributed by atoms with Crippen LogP contribution in [-0.4, -0.2) is 32.1 Å². The Kier molecular flexibility index (Phi) is 5.34. The van der Waals surface area contributed by atoms with Gasteiger partial charge in [-0.3, -0.25) is 14.4 Å². The molecule has 4 aromatic rings. The minimum absolute atomic E-state index is 0.329. The number of carbonyl (C=O) groups is 2.